The Hall–Kier alpha value is -8.67. The van der Waals surface area contributed by atoms with Gasteiger partial charge in [0.2, 0.25) is 0 Å². The first kappa shape index (κ1) is 49.2. The van der Waals surface area contributed by atoms with E-state index in [1.165, 1.54) is 44.6 Å². The van der Waals surface area contributed by atoms with Crippen molar-refractivity contribution in [1.82, 2.24) is 9.55 Å². The van der Waals surface area contributed by atoms with E-state index in [1.807, 2.05) is 0 Å². The maximum Gasteiger partial charge on any atom is 0.137 e. The van der Waals surface area contributed by atoms with E-state index in [0.29, 0.717) is 6.67 Å². The summed E-state index contributed by atoms with van der Waals surface area (Å²) in [6, 6.07) is 79.2. The first-order valence-electron chi connectivity index (χ1n) is 27.0. The third kappa shape index (κ3) is 9.24. The number of fused-ring (bicyclic) bond motifs is 4. The van der Waals surface area contributed by atoms with Gasteiger partial charge in [-0.15, -0.1) is 0 Å². The smallest absolute Gasteiger partial charge is 0.137 e. The molecule has 0 atom stereocenters. The average molecular weight is 1000 g/mol. The van der Waals surface area contributed by atoms with E-state index in [2.05, 4.69) is 301 Å². The van der Waals surface area contributed by atoms with Gasteiger partial charge in [0.15, 0.2) is 0 Å². The lowest BCUT2D eigenvalue weighted by Gasteiger charge is -2.27. The number of anilines is 4. The molecular weight excluding hydrogens is 937 g/mol. The fourth-order valence-electron chi connectivity index (χ4n) is 11.3. The van der Waals surface area contributed by atoms with E-state index in [0.717, 1.165) is 78.4 Å². The molecule has 0 spiro atoms. The van der Waals surface area contributed by atoms with Crippen molar-refractivity contribution in [1.29, 1.82) is 0 Å². The highest BCUT2D eigenvalue weighted by atomic mass is 16.5. The largest absolute Gasteiger partial charge is 0.457 e. The van der Waals surface area contributed by atoms with Crippen LogP contribution in [-0.2, 0) is 16.2 Å². The molecule has 0 aliphatic carbocycles. The van der Waals surface area contributed by atoms with Crippen LogP contribution < -0.4 is 14.5 Å². The van der Waals surface area contributed by atoms with Crippen LogP contribution in [0.2, 0.25) is 0 Å². The van der Waals surface area contributed by atoms with Crippen molar-refractivity contribution in [3.8, 4) is 61.8 Å². The minimum atomic E-state index is -0.153. The lowest BCUT2D eigenvalue weighted by Crippen LogP contribution is -2.25. The van der Waals surface area contributed by atoms with Gasteiger partial charge in [-0.2, -0.15) is 0 Å². The summed E-state index contributed by atoms with van der Waals surface area (Å²) in [6.07, 6.45) is 2.06. The average Bonchev–Trinajstić information content (AvgIpc) is 3.99. The predicted molar refractivity (Wildman–Crippen MR) is 325 cm³/mol. The summed E-state index contributed by atoms with van der Waals surface area (Å²) in [7, 11) is 0. The SMILES string of the molecule is CC(C)(C)c1ccc(-c2cccc(-c3ccccc3)c2N2CN(c3cccc(Oc4cc(-c5ccc(C(C)(C)C)cc5)c5c6ccccc6n(-c6cc(C(C)(C)C)c(-c7ccccc7)cn6)c5c4)c3)c3ccccc32)cc1. The van der Waals surface area contributed by atoms with Crippen molar-refractivity contribution in [2.45, 2.75) is 78.6 Å². The maximum atomic E-state index is 7.18. The number of rotatable bonds is 9. The van der Waals surface area contributed by atoms with E-state index in [1.54, 1.807) is 0 Å². The molecule has 0 N–H and O–H groups in total. The van der Waals surface area contributed by atoms with Crippen LogP contribution in [0.5, 0.6) is 11.5 Å². The van der Waals surface area contributed by atoms with Crippen LogP contribution in [0.25, 0.3) is 72.1 Å². The van der Waals surface area contributed by atoms with Crippen LogP contribution in [0.3, 0.4) is 0 Å². The Morgan fingerprint density at radius 2 is 0.935 bits per heavy atom. The van der Waals surface area contributed by atoms with Gasteiger partial charge in [0, 0.05) is 51.5 Å². The number of ether oxygens (including phenoxy) is 1. The van der Waals surface area contributed by atoms with Crippen molar-refractivity contribution in [3.63, 3.8) is 0 Å². The van der Waals surface area contributed by atoms with Gasteiger partial charge >= 0.3 is 0 Å². The van der Waals surface area contributed by atoms with Gasteiger partial charge in [-0.3, -0.25) is 4.57 Å². The van der Waals surface area contributed by atoms with Crippen LogP contribution in [0.4, 0.5) is 22.7 Å². The van der Waals surface area contributed by atoms with Gasteiger partial charge in [0.05, 0.1) is 28.1 Å². The van der Waals surface area contributed by atoms with Crippen LogP contribution in [-0.4, -0.2) is 16.2 Å². The van der Waals surface area contributed by atoms with Crippen molar-refractivity contribution in [2.75, 3.05) is 16.5 Å². The quantitative estimate of drug-likeness (QED) is 0.144. The van der Waals surface area contributed by atoms with Crippen LogP contribution in [0, 0.1) is 0 Å². The zero-order valence-electron chi connectivity index (χ0n) is 45.8. The summed E-state index contributed by atoms with van der Waals surface area (Å²) in [5.41, 5.74) is 19.6. The third-order valence-corrected chi connectivity index (χ3v) is 15.4. The van der Waals surface area contributed by atoms with Crippen LogP contribution in [0.1, 0.15) is 79.0 Å². The normalized spacial score (nSPS) is 12.9. The molecule has 5 nitrogen and oxygen atoms in total. The summed E-state index contributed by atoms with van der Waals surface area (Å²) in [5.74, 6) is 2.36. The topological polar surface area (TPSA) is 33.5 Å². The summed E-state index contributed by atoms with van der Waals surface area (Å²) < 4.78 is 9.52. The number of aromatic nitrogens is 2. The van der Waals surface area contributed by atoms with Crippen molar-refractivity contribution >= 4 is 44.6 Å². The van der Waals surface area contributed by atoms with Gasteiger partial charge < -0.3 is 14.5 Å². The van der Waals surface area contributed by atoms with Crippen molar-refractivity contribution in [3.05, 3.63) is 241 Å². The Labute approximate surface area is 454 Å². The second kappa shape index (κ2) is 19.2. The molecule has 0 fully saturated rings. The fourth-order valence-corrected chi connectivity index (χ4v) is 11.3. The van der Waals surface area contributed by atoms with Gasteiger partial charge in [0.25, 0.3) is 0 Å². The number of benzene rings is 9. The molecular formula is C72H66N4O. The summed E-state index contributed by atoms with van der Waals surface area (Å²) in [5, 5.41) is 2.32. The molecule has 3 heterocycles. The minimum Gasteiger partial charge on any atom is -0.457 e. The van der Waals surface area contributed by atoms with Crippen molar-refractivity contribution < 1.29 is 4.74 Å². The minimum absolute atomic E-state index is 0.0149. The van der Waals surface area contributed by atoms with E-state index in [-0.39, 0.29) is 16.2 Å². The fraction of sp³-hybridized carbons (Fsp3) is 0.181. The molecule has 1 aliphatic rings. The lowest BCUT2D eigenvalue weighted by atomic mass is 9.82. The van der Waals surface area contributed by atoms with Crippen LogP contribution in [0.15, 0.2) is 225 Å². The number of hydrogen-bond acceptors (Lipinski definition) is 4. The molecule has 11 aromatic rings. The number of pyridine rings is 1. The van der Waals surface area contributed by atoms with Crippen molar-refractivity contribution in [2.24, 2.45) is 0 Å². The standard InChI is InChI=1S/C72H66N4O/c1-70(2,3)52-38-34-50(35-39-52)58-30-21-29-57(48-22-12-10-13-23-48)69(58)75-47-74(64-32-18-19-33-65(64)75)54-26-20-27-55(42-54)77-56-43-60(51-36-40-53(41-37-51)71(4,5)6)68-59-28-16-17-31-63(59)76(66(68)44-56)67-45-62(72(7,8)9)61(46-73-67)49-24-14-11-15-25-49/h10-46H,47H2,1-9H3. The summed E-state index contributed by atoms with van der Waals surface area (Å²) in [6.45, 7) is 21.1. The molecule has 0 radical (unpaired) electrons. The molecule has 0 saturated heterocycles. The monoisotopic (exact) mass is 1000 g/mol. The zero-order chi connectivity index (χ0) is 53.2. The number of hydrogen-bond donors (Lipinski definition) is 0. The zero-order valence-corrected chi connectivity index (χ0v) is 45.8. The van der Waals surface area contributed by atoms with E-state index in [4.69, 9.17) is 9.72 Å². The molecule has 0 amide bonds. The molecule has 9 aromatic carbocycles. The molecule has 380 valence electrons. The highest BCUT2D eigenvalue weighted by Gasteiger charge is 2.32. The highest BCUT2D eigenvalue weighted by molar-refractivity contribution is 6.16. The number of para-hydroxylation sites is 4. The highest BCUT2D eigenvalue weighted by Crippen LogP contribution is 2.51. The first-order chi connectivity index (χ1) is 37.1. The lowest BCUT2D eigenvalue weighted by molar-refractivity contribution is 0.483. The van der Waals surface area contributed by atoms with E-state index in [9.17, 15) is 0 Å². The molecule has 0 bridgehead atoms. The first-order valence-corrected chi connectivity index (χ1v) is 27.0. The molecule has 77 heavy (non-hydrogen) atoms. The Bertz CT molecular complexity index is 3960. The summed E-state index contributed by atoms with van der Waals surface area (Å²) in [4.78, 5) is 10.2. The number of nitrogens with zero attached hydrogens (tertiary/aromatic N) is 4. The van der Waals surface area contributed by atoms with Crippen LogP contribution >= 0.6 is 0 Å². The van der Waals surface area contributed by atoms with Gasteiger partial charge in [-0.25, -0.2) is 4.98 Å². The van der Waals surface area contributed by atoms with Gasteiger partial charge in [0.1, 0.15) is 24.0 Å². The second-order valence-electron chi connectivity index (χ2n) is 23.7. The third-order valence-electron chi connectivity index (χ3n) is 15.4. The van der Waals surface area contributed by atoms with Gasteiger partial charge in [-0.1, -0.05) is 226 Å². The molecule has 2 aromatic heterocycles. The van der Waals surface area contributed by atoms with Gasteiger partial charge in [-0.05, 0) is 103 Å². The Balaban J connectivity index is 0.982. The molecule has 0 unspecified atom stereocenters. The Morgan fingerprint density at radius 3 is 1.55 bits per heavy atom. The predicted octanol–water partition coefficient (Wildman–Crippen LogP) is 19.8. The molecule has 0 saturated carbocycles. The second-order valence-corrected chi connectivity index (χ2v) is 23.7. The van der Waals surface area contributed by atoms with E-state index >= 15 is 0 Å². The van der Waals surface area contributed by atoms with E-state index < -0.39 is 0 Å². The maximum absolute atomic E-state index is 7.18. The Kier molecular flexibility index (Phi) is 12.3. The Morgan fingerprint density at radius 1 is 0.403 bits per heavy atom. The molecule has 12 rings (SSSR count). The molecule has 5 heteroatoms. The molecule has 1 aliphatic heterocycles. The summed E-state index contributed by atoms with van der Waals surface area (Å²) >= 11 is 0.